The summed E-state index contributed by atoms with van der Waals surface area (Å²) in [6.45, 7) is 3.07. The van der Waals surface area contributed by atoms with Crippen LogP contribution in [0.1, 0.15) is 30.5 Å². The number of hydrogen-bond acceptors (Lipinski definition) is 4. The number of nitrogens with two attached hydrogens (primary N) is 1. The molecule has 2 rings (SSSR count). The quantitative estimate of drug-likeness (QED) is 0.769. The Balaban J connectivity index is 2.16. The molecule has 114 valence electrons. The number of benzene rings is 1. The minimum Gasteiger partial charge on any atom is -0.362 e. The monoisotopic (exact) mass is 290 g/mol. The van der Waals surface area contributed by atoms with Gasteiger partial charge in [-0.2, -0.15) is 0 Å². The number of nitrogens with zero attached hydrogens (tertiary/aromatic N) is 1. The van der Waals surface area contributed by atoms with Gasteiger partial charge in [-0.15, -0.1) is 0 Å². The lowest BCUT2D eigenvalue weighted by atomic mass is 9.97. The summed E-state index contributed by atoms with van der Waals surface area (Å²) < 4.78 is 0. The van der Waals surface area contributed by atoms with Crippen LogP contribution in [-0.4, -0.2) is 32.1 Å². The van der Waals surface area contributed by atoms with Gasteiger partial charge in [-0.3, -0.25) is 10.1 Å². The Labute approximate surface area is 124 Å². The van der Waals surface area contributed by atoms with Gasteiger partial charge in [0.1, 0.15) is 0 Å². The Hall–Kier alpha value is -2.08. The van der Waals surface area contributed by atoms with Gasteiger partial charge in [-0.05, 0) is 44.0 Å². The number of aryl methyl sites for hydroxylation is 1. The molecule has 0 spiro atoms. The summed E-state index contributed by atoms with van der Waals surface area (Å²) in [5.41, 5.74) is 8.51. The molecule has 1 aromatic carbocycles. The van der Waals surface area contributed by atoms with Crippen molar-refractivity contribution in [2.24, 2.45) is 5.73 Å². The highest BCUT2D eigenvalue weighted by Crippen LogP contribution is 2.29. The number of urea groups is 1. The van der Waals surface area contributed by atoms with Crippen LogP contribution in [0.15, 0.2) is 18.2 Å². The molecule has 0 fully saturated rings. The molecule has 1 heterocycles. The van der Waals surface area contributed by atoms with Crippen LogP contribution in [0.5, 0.6) is 0 Å². The van der Waals surface area contributed by atoms with Crippen LogP contribution in [0.3, 0.4) is 0 Å². The molecule has 0 bridgehead atoms. The van der Waals surface area contributed by atoms with E-state index >= 15 is 0 Å². The van der Waals surface area contributed by atoms with Crippen molar-refractivity contribution in [3.05, 3.63) is 29.3 Å². The lowest BCUT2D eigenvalue weighted by Gasteiger charge is -2.31. The first-order chi connectivity index (χ1) is 10.0. The number of rotatable bonds is 4. The lowest BCUT2D eigenvalue weighted by molar-refractivity contribution is -0.118. The van der Waals surface area contributed by atoms with Crippen LogP contribution in [0.25, 0.3) is 0 Å². The van der Waals surface area contributed by atoms with Gasteiger partial charge in [0, 0.05) is 18.3 Å². The molecule has 0 saturated carbocycles. The number of nitrogens with one attached hydrogen (secondary N) is 2. The minimum atomic E-state index is -0.810. The smallest absolute Gasteiger partial charge is 0.318 e. The van der Waals surface area contributed by atoms with Gasteiger partial charge in [0.2, 0.25) is 5.91 Å². The fraction of sp³-hybridized carbons (Fsp3) is 0.467. The predicted octanol–water partition coefficient (Wildman–Crippen LogP) is 0.915. The number of primary amides is 1. The third-order valence-corrected chi connectivity index (χ3v) is 3.85. The van der Waals surface area contributed by atoms with Crippen LogP contribution in [0, 0.1) is 0 Å². The van der Waals surface area contributed by atoms with Gasteiger partial charge >= 0.3 is 6.03 Å². The minimum absolute atomic E-state index is 0.150. The number of amides is 3. The van der Waals surface area contributed by atoms with Gasteiger partial charge in [-0.25, -0.2) is 4.79 Å². The molecule has 3 amide bonds. The third kappa shape index (κ3) is 3.72. The van der Waals surface area contributed by atoms with Gasteiger partial charge in [0.25, 0.3) is 0 Å². The molecule has 1 aliphatic heterocycles. The van der Waals surface area contributed by atoms with Gasteiger partial charge in [0.15, 0.2) is 0 Å². The lowest BCUT2D eigenvalue weighted by Crippen LogP contribution is -2.43. The number of anilines is 1. The van der Waals surface area contributed by atoms with Gasteiger partial charge in [-0.1, -0.05) is 12.1 Å². The molecule has 4 N–H and O–H groups in total. The second-order valence-electron chi connectivity index (χ2n) is 5.34. The largest absolute Gasteiger partial charge is 0.362 e. The molecule has 21 heavy (non-hydrogen) atoms. The number of carbonyl (C=O) groups excluding carboxylic acids is 2. The van der Waals surface area contributed by atoms with Crippen LogP contribution < -0.4 is 21.3 Å². The second-order valence-corrected chi connectivity index (χ2v) is 5.34. The molecule has 1 aliphatic rings. The van der Waals surface area contributed by atoms with Crippen molar-refractivity contribution in [2.75, 3.05) is 25.0 Å². The van der Waals surface area contributed by atoms with Crippen LogP contribution in [0.2, 0.25) is 0 Å². The topological polar surface area (TPSA) is 87.5 Å². The fourth-order valence-corrected chi connectivity index (χ4v) is 2.65. The van der Waals surface area contributed by atoms with E-state index in [1.165, 1.54) is 11.1 Å². The Morgan fingerprint density at radius 2 is 2.19 bits per heavy atom. The molecule has 0 saturated heterocycles. The number of fused-ring (bicyclic) bond motifs is 1. The highest BCUT2D eigenvalue weighted by Gasteiger charge is 2.20. The van der Waals surface area contributed by atoms with Crippen molar-refractivity contribution in [1.29, 1.82) is 0 Å². The molecule has 0 radical (unpaired) electrons. The standard InChI is InChI=1S/C15H22N4O2/c1-10(17-2)11-5-6-13-12(8-11)4-3-7-19(13)9-14(20)18-15(16)21/h5-6,8,10,17H,3-4,7,9H2,1-2H3,(H3,16,18,20,21). The van der Waals surface area contributed by atoms with Crippen LogP contribution >= 0.6 is 0 Å². The van der Waals surface area contributed by atoms with Crippen molar-refractivity contribution < 1.29 is 9.59 Å². The zero-order chi connectivity index (χ0) is 15.4. The van der Waals surface area contributed by atoms with Crippen LogP contribution in [0.4, 0.5) is 10.5 Å². The molecule has 1 unspecified atom stereocenters. The molecule has 0 aromatic heterocycles. The molecule has 1 aromatic rings. The van der Waals surface area contributed by atoms with Gasteiger partial charge in [0.05, 0.1) is 6.54 Å². The first kappa shape index (κ1) is 15.3. The summed E-state index contributed by atoms with van der Waals surface area (Å²) in [4.78, 5) is 24.4. The summed E-state index contributed by atoms with van der Waals surface area (Å²) in [5, 5.41) is 5.33. The summed E-state index contributed by atoms with van der Waals surface area (Å²) in [7, 11) is 1.94. The fourth-order valence-electron chi connectivity index (χ4n) is 2.65. The maximum absolute atomic E-state index is 11.7. The van der Waals surface area contributed by atoms with Crippen molar-refractivity contribution >= 4 is 17.6 Å². The van der Waals surface area contributed by atoms with Crippen molar-refractivity contribution in [3.63, 3.8) is 0 Å². The zero-order valence-electron chi connectivity index (χ0n) is 12.5. The van der Waals surface area contributed by atoms with Crippen molar-refractivity contribution in [3.8, 4) is 0 Å². The van der Waals surface area contributed by atoms with E-state index in [9.17, 15) is 9.59 Å². The maximum Gasteiger partial charge on any atom is 0.318 e. The Morgan fingerprint density at radius 3 is 2.86 bits per heavy atom. The molecule has 0 aliphatic carbocycles. The SMILES string of the molecule is CNC(C)c1ccc2c(c1)CCCN2CC(=O)NC(N)=O. The average Bonchev–Trinajstić information content (AvgIpc) is 2.45. The number of carbonyl (C=O) groups is 2. The van der Waals surface area contributed by atoms with E-state index in [4.69, 9.17) is 5.73 Å². The molecular formula is C15H22N4O2. The Kier molecular flexibility index (Phi) is 4.80. The summed E-state index contributed by atoms with van der Waals surface area (Å²) >= 11 is 0. The second kappa shape index (κ2) is 6.58. The normalized spacial score (nSPS) is 15.2. The summed E-state index contributed by atoms with van der Waals surface area (Å²) in [5.74, 6) is -0.372. The number of hydrogen-bond donors (Lipinski definition) is 3. The van der Waals surface area contributed by atoms with Crippen molar-refractivity contribution in [2.45, 2.75) is 25.8 Å². The first-order valence-corrected chi connectivity index (χ1v) is 7.15. The van der Waals surface area contributed by atoms with E-state index in [1.807, 2.05) is 11.9 Å². The first-order valence-electron chi connectivity index (χ1n) is 7.15. The maximum atomic E-state index is 11.7. The molecule has 1 atom stereocenters. The molecule has 6 heteroatoms. The zero-order valence-corrected chi connectivity index (χ0v) is 12.5. The van der Waals surface area contributed by atoms with E-state index < -0.39 is 6.03 Å². The third-order valence-electron chi connectivity index (χ3n) is 3.85. The molecule has 6 nitrogen and oxygen atoms in total. The predicted molar refractivity (Wildman–Crippen MR) is 82.2 cm³/mol. The highest BCUT2D eigenvalue weighted by atomic mass is 16.2. The number of imide groups is 1. The Morgan fingerprint density at radius 1 is 1.43 bits per heavy atom. The van der Waals surface area contributed by atoms with Crippen LogP contribution in [-0.2, 0) is 11.2 Å². The average molecular weight is 290 g/mol. The van der Waals surface area contributed by atoms with E-state index in [1.54, 1.807) is 0 Å². The molecular weight excluding hydrogens is 268 g/mol. The summed E-state index contributed by atoms with van der Waals surface area (Å²) in [6.07, 6.45) is 2.00. The van der Waals surface area contributed by atoms with E-state index in [0.29, 0.717) is 6.04 Å². The highest BCUT2D eigenvalue weighted by molar-refractivity contribution is 5.95. The van der Waals surface area contributed by atoms with Gasteiger partial charge < -0.3 is 16.0 Å². The summed E-state index contributed by atoms with van der Waals surface area (Å²) in [6, 6.07) is 5.80. The van der Waals surface area contributed by atoms with E-state index in [-0.39, 0.29) is 12.5 Å². The van der Waals surface area contributed by atoms with Crippen molar-refractivity contribution in [1.82, 2.24) is 10.6 Å². The Bertz CT molecular complexity index is 544. The van der Waals surface area contributed by atoms with E-state index in [2.05, 4.69) is 35.8 Å². The van der Waals surface area contributed by atoms with E-state index in [0.717, 1.165) is 25.1 Å².